The van der Waals surface area contributed by atoms with Crippen LogP contribution < -0.4 is 10.1 Å². The lowest BCUT2D eigenvalue weighted by Crippen LogP contribution is -2.12. The number of ketones is 1. The average Bonchev–Trinajstić information content (AvgIpc) is 2.69. The van der Waals surface area contributed by atoms with Crippen LogP contribution in [0.15, 0.2) is 42.5 Å². The van der Waals surface area contributed by atoms with Crippen LogP contribution in [0.25, 0.3) is 10.9 Å². The maximum absolute atomic E-state index is 12.8. The standard InChI is InChI=1S/C24H28N2O4S/c1-5-7-21(27)19-15-18-8-6-9-22(30-12-13-31(4,28)29)23(18)26-24(19)25-20-11-10-16(2)14-17(20)3/h6,8-11,14-15H,5,7,12-13H2,1-4H3,(H,25,26). The van der Waals surface area contributed by atoms with Crippen LogP contribution in [0.3, 0.4) is 0 Å². The highest BCUT2D eigenvalue weighted by Crippen LogP contribution is 2.31. The molecule has 0 fully saturated rings. The van der Waals surface area contributed by atoms with E-state index in [1.54, 1.807) is 6.07 Å². The van der Waals surface area contributed by atoms with Gasteiger partial charge in [-0.1, -0.05) is 36.8 Å². The maximum atomic E-state index is 12.8. The Bertz CT molecular complexity index is 1220. The Balaban J connectivity index is 2.06. The quantitative estimate of drug-likeness (QED) is 0.471. The minimum atomic E-state index is -3.13. The molecule has 0 amide bonds. The molecule has 3 aromatic rings. The van der Waals surface area contributed by atoms with Gasteiger partial charge < -0.3 is 10.1 Å². The topological polar surface area (TPSA) is 85.4 Å². The molecule has 3 rings (SSSR count). The molecule has 6 nitrogen and oxygen atoms in total. The molecule has 0 saturated heterocycles. The van der Waals surface area contributed by atoms with E-state index < -0.39 is 9.84 Å². The monoisotopic (exact) mass is 440 g/mol. The lowest BCUT2D eigenvalue weighted by molar-refractivity contribution is 0.0982. The molecule has 1 N–H and O–H groups in total. The van der Waals surface area contributed by atoms with Crippen molar-refractivity contribution in [3.8, 4) is 5.75 Å². The summed E-state index contributed by atoms with van der Waals surface area (Å²) in [5.41, 5.74) is 4.18. The van der Waals surface area contributed by atoms with Crippen molar-refractivity contribution in [2.75, 3.05) is 23.9 Å². The van der Waals surface area contributed by atoms with Crippen LogP contribution >= 0.6 is 0 Å². The van der Waals surface area contributed by atoms with E-state index in [0.29, 0.717) is 29.1 Å². The van der Waals surface area contributed by atoms with E-state index >= 15 is 0 Å². The van der Waals surface area contributed by atoms with Crippen molar-refractivity contribution in [2.45, 2.75) is 33.6 Å². The Morgan fingerprint density at radius 3 is 2.58 bits per heavy atom. The fraction of sp³-hybridized carbons (Fsp3) is 0.333. The number of hydrogen-bond acceptors (Lipinski definition) is 6. The molecular weight excluding hydrogens is 412 g/mol. The van der Waals surface area contributed by atoms with Crippen LogP contribution in [0.1, 0.15) is 41.3 Å². The second kappa shape index (κ2) is 9.47. The Hall–Kier alpha value is -2.93. The van der Waals surface area contributed by atoms with Crippen LogP contribution in [0.4, 0.5) is 11.5 Å². The van der Waals surface area contributed by atoms with Gasteiger partial charge in [0.2, 0.25) is 0 Å². The fourth-order valence-corrected chi connectivity index (χ4v) is 3.73. The molecular formula is C24H28N2O4S. The summed E-state index contributed by atoms with van der Waals surface area (Å²) in [5, 5.41) is 4.09. The molecule has 0 aliphatic heterocycles. The lowest BCUT2D eigenvalue weighted by Gasteiger charge is -2.16. The predicted octanol–water partition coefficient (Wildman–Crippen LogP) is 5.00. The number of Topliss-reactive ketones (excluding diaryl/α,β-unsaturated/α-hetero) is 1. The first-order chi connectivity index (χ1) is 14.7. The first-order valence-electron chi connectivity index (χ1n) is 10.3. The zero-order chi connectivity index (χ0) is 22.6. The van der Waals surface area contributed by atoms with Crippen LogP contribution in [0.2, 0.25) is 0 Å². The Labute approximate surface area is 183 Å². The van der Waals surface area contributed by atoms with Crippen molar-refractivity contribution in [1.82, 2.24) is 4.98 Å². The average molecular weight is 441 g/mol. The molecule has 0 radical (unpaired) electrons. The first kappa shape index (κ1) is 22.7. The van der Waals surface area contributed by atoms with E-state index in [1.165, 1.54) is 6.26 Å². The fourth-order valence-electron chi connectivity index (χ4n) is 3.34. The summed E-state index contributed by atoms with van der Waals surface area (Å²) in [6.45, 7) is 6.04. The van der Waals surface area contributed by atoms with Gasteiger partial charge in [0.15, 0.2) is 15.6 Å². The summed E-state index contributed by atoms with van der Waals surface area (Å²) in [4.78, 5) is 17.6. The van der Waals surface area contributed by atoms with Gasteiger partial charge in [-0.25, -0.2) is 13.4 Å². The molecule has 1 heterocycles. The molecule has 0 bridgehead atoms. The van der Waals surface area contributed by atoms with Crippen molar-refractivity contribution < 1.29 is 17.9 Å². The summed E-state index contributed by atoms with van der Waals surface area (Å²) in [6.07, 6.45) is 2.35. The number of nitrogens with zero attached hydrogens (tertiary/aromatic N) is 1. The molecule has 2 aromatic carbocycles. The molecule has 0 aliphatic carbocycles. The number of hydrogen-bond donors (Lipinski definition) is 1. The number of aromatic nitrogens is 1. The summed E-state index contributed by atoms with van der Waals surface area (Å²) in [7, 11) is -3.13. The summed E-state index contributed by atoms with van der Waals surface area (Å²) < 4.78 is 28.6. The smallest absolute Gasteiger partial charge is 0.166 e. The number of rotatable bonds is 9. The second-order valence-corrected chi connectivity index (χ2v) is 10.1. The number of para-hydroxylation sites is 1. The van der Waals surface area contributed by atoms with E-state index in [-0.39, 0.29) is 18.1 Å². The third-order valence-corrected chi connectivity index (χ3v) is 5.84. The number of nitrogens with one attached hydrogen (secondary N) is 1. The largest absolute Gasteiger partial charge is 0.490 e. The van der Waals surface area contributed by atoms with Crippen molar-refractivity contribution in [3.63, 3.8) is 0 Å². The SMILES string of the molecule is CCCC(=O)c1cc2cccc(OCCS(C)(=O)=O)c2nc1Nc1ccc(C)cc1C. The van der Waals surface area contributed by atoms with E-state index in [0.717, 1.165) is 28.6 Å². The normalized spacial score (nSPS) is 11.5. The Kier molecular flexibility index (Phi) is 6.95. The number of ether oxygens (including phenoxy) is 1. The molecule has 1 aromatic heterocycles. The van der Waals surface area contributed by atoms with Crippen LogP contribution in [-0.4, -0.2) is 37.8 Å². The predicted molar refractivity (Wildman–Crippen MR) is 125 cm³/mol. The number of anilines is 2. The van der Waals surface area contributed by atoms with Crippen LogP contribution in [0.5, 0.6) is 5.75 Å². The molecule has 164 valence electrons. The molecule has 31 heavy (non-hydrogen) atoms. The zero-order valence-corrected chi connectivity index (χ0v) is 19.2. The number of benzene rings is 2. The highest BCUT2D eigenvalue weighted by atomic mass is 32.2. The second-order valence-electron chi connectivity index (χ2n) is 7.81. The number of aryl methyl sites for hydroxylation is 2. The number of sulfone groups is 1. The van der Waals surface area contributed by atoms with Gasteiger partial charge in [-0.05, 0) is 44.0 Å². The van der Waals surface area contributed by atoms with Crippen LogP contribution in [0, 0.1) is 13.8 Å². The highest BCUT2D eigenvalue weighted by Gasteiger charge is 2.17. The van der Waals surface area contributed by atoms with E-state index in [1.807, 2.05) is 51.1 Å². The minimum Gasteiger partial charge on any atom is -0.490 e. The van der Waals surface area contributed by atoms with Gasteiger partial charge in [0.1, 0.15) is 23.7 Å². The Morgan fingerprint density at radius 2 is 1.90 bits per heavy atom. The van der Waals surface area contributed by atoms with E-state index in [2.05, 4.69) is 11.4 Å². The van der Waals surface area contributed by atoms with Gasteiger partial charge >= 0.3 is 0 Å². The van der Waals surface area contributed by atoms with Gasteiger partial charge in [-0.2, -0.15) is 0 Å². The first-order valence-corrected chi connectivity index (χ1v) is 12.4. The number of pyridine rings is 1. The number of fused-ring (bicyclic) bond motifs is 1. The van der Waals surface area contributed by atoms with E-state index in [9.17, 15) is 13.2 Å². The molecule has 0 atom stereocenters. The van der Waals surface area contributed by atoms with Gasteiger partial charge in [0, 0.05) is 23.8 Å². The Morgan fingerprint density at radius 1 is 1.13 bits per heavy atom. The van der Waals surface area contributed by atoms with Gasteiger partial charge in [-0.15, -0.1) is 0 Å². The molecule has 0 unspecified atom stereocenters. The third kappa shape index (κ3) is 5.82. The molecule has 0 saturated carbocycles. The van der Waals surface area contributed by atoms with Gasteiger partial charge in [0.05, 0.1) is 11.3 Å². The van der Waals surface area contributed by atoms with Crippen LogP contribution in [-0.2, 0) is 9.84 Å². The maximum Gasteiger partial charge on any atom is 0.166 e. The third-order valence-electron chi connectivity index (χ3n) is 4.93. The highest BCUT2D eigenvalue weighted by molar-refractivity contribution is 7.90. The van der Waals surface area contributed by atoms with Crippen molar-refractivity contribution in [3.05, 3.63) is 59.2 Å². The minimum absolute atomic E-state index is 0.0209. The van der Waals surface area contributed by atoms with E-state index in [4.69, 9.17) is 9.72 Å². The van der Waals surface area contributed by atoms with Gasteiger partial charge in [-0.3, -0.25) is 4.79 Å². The summed E-state index contributed by atoms with van der Waals surface area (Å²) >= 11 is 0. The number of carbonyl (C=O) groups excluding carboxylic acids is 1. The van der Waals surface area contributed by atoms with Crippen molar-refractivity contribution >= 4 is 38.0 Å². The molecule has 0 spiro atoms. The zero-order valence-electron chi connectivity index (χ0n) is 18.4. The number of carbonyl (C=O) groups is 1. The molecule has 7 heteroatoms. The van der Waals surface area contributed by atoms with Gasteiger partial charge in [0.25, 0.3) is 0 Å². The van der Waals surface area contributed by atoms with Crippen molar-refractivity contribution in [2.24, 2.45) is 0 Å². The summed E-state index contributed by atoms with van der Waals surface area (Å²) in [6, 6.07) is 13.3. The van der Waals surface area contributed by atoms with Crippen molar-refractivity contribution in [1.29, 1.82) is 0 Å². The molecule has 0 aliphatic rings. The summed E-state index contributed by atoms with van der Waals surface area (Å²) in [5.74, 6) is 0.897. The lowest BCUT2D eigenvalue weighted by atomic mass is 10.0.